The number of nitrogens with zero attached hydrogens (tertiary/aromatic N) is 2. The van der Waals surface area contributed by atoms with Crippen molar-refractivity contribution >= 4 is 11.8 Å². The molecule has 30 heavy (non-hydrogen) atoms. The maximum Gasteiger partial charge on any atom is 0.230 e. The highest BCUT2D eigenvalue weighted by Crippen LogP contribution is 2.40. The highest BCUT2D eigenvalue weighted by Gasteiger charge is 2.47. The Morgan fingerprint density at radius 3 is 2.37 bits per heavy atom. The van der Waals surface area contributed by atoms with Gasteiger partial charge in [0.1, 0.15) is 0 Å². The Kier molecular flexibility index (Phi) is 5.94. The third-order valence-electron chi connectivity index (χ3n) is 6.86. The van der Waals surface area contributed by atoms with Gasteiger partial charge in [0.15, 0.2) is 0 Å². The van der Waals surface area contributed by atoms with Crippen LogP contribution in [0.25, 0.3) is 11.1 Å². The van der Waals surface area contributed by atoms with Crippen molar-refractivity contribution in [1.82, 2.24) is 9.80 Å². The van der Waals surface area contributed by atoms with E-state index in [1.807, 2.05) is 43.3 Å². The first-order valence-electron chi connectivity index (χ1n) is 11.1. The molecule has 0 radical (unpaired) electrons. The van der Waals surface area contributed by atoms with Crippen molar-refractivity contribution in [2.24, 2.45) is 11.3 Å². The lowest BCUT2D eigenvalue weighted by molar-refractivity contribution is -0.140. The first-order valence-corrected chi connectivity index (χ1v) is 11.1. The van der Waals surface area contributed by atoms with Crippen LogP contribution in [0.2, 0.25) is 0 Å². The van der Waals surface area contributed by atoms with Crippen molar-refractivity contribution in [3.05, 3.63) is 60.2 Å². The molecule has 2 aromatic carbocycles. The third-order valence-corrected chi connectivity index (χ3v) is 6.86. The molecule has 0 spiro atoms. The van der Waals surface area contributed by atoms with Gasteiger partial charge in [0, 0.05) is 33.1 Å². The third kappa shape index (κ3) is 4.00. The van der Waals surface area contributed by atoms with Crippen LogP contribution in [0.15, 0.2) is 54.6 Å². The molecule has 1 aliphatic heterocycles. The topological polar surface area (TPSA) is 40.6 Å². The molecule has 4 heteroatoms. The van der Waals surface area contributed by atoms with E-state index in [1.54, 1.807) is 4.90 Å². The fourth-order valence-electron chi connectivity index (χ4n) is 5.30. The van der Waals surface area contributed by atoms with Crippen molar-refractivity contribution in [3.63, 3.8) is 0 Å². The normalized spacial score (nSPS) is 21.7. The second kappa shape index (κ2) is 8.63. The van der Waals surface area contributed by atoms with Crippen molar-refractivity contribution in [1.29, 1.82) is 0 Å². The second-order valence-corrected chi connectivity index (χ2v) is 9.17. The Morgan fingerprint density at radius 2 is 1.67 bits per heavy atom. The summed E-state index contributed by atoms with van der Waals surface area (Å²) < 4.78 is 0. The molecule has 0 aromatic heterocycles. The number of carbonyl (C=O) groups excluding carboxylic acids is 2. The van der Waals surface area contributed by atoms with Crippen LogP contribution in [0.4, 0.5) is 0 Å². The average molecular weight is 405 g/mol. The first-order chi connectivity index (χ1) is 14.5. The highest BCUT2D eigenvalue weighted by molar-refractivity contribution is 5.86. The van der Waals surface area contributed by atoms with E-state index in [0.29, 0.717) is 19.5 Å². The minimum atomic E-state index is -0.553. The minimum Gasteiger partial charge on any atom is -0.348 e. The van der Waals surface area contributed by atoms with Crippen molar-refractivity contribution in [2.45, 2.75) is 38.5 Å². The van der Waals surface area contributed by atoms with Crippen LogP contribution in [0.5, 0.6) is 0 Å². The zero-order valence-electron chi connectivity index (χ0n) is 18.1. The first kappa shape index (κ1) is 20.6. The maximum atomic E-state index is 13.4. The second-order valence-electron chi connectivity index (χ2n) is 9.17. The summed E-state index contributed by atoms with van der Waals surface area (Å²) in [5.74, 6) is 0.552. The molecule has 1 atom stereocenters. The molecule has 158 valence electrons. The summed E-state index contributed by atoms with van der Waals surface area (Å²) in [7, 11) is 3.66. The predicted molar refractivity (Wildman–Crippen MR) is 120 cm³/mol. The van der Waals surface area contributed by atoms with Crippen LogP contribution < -0.4 is 0 Å². The molecule has 0 N–H and O–H groups in total. The van der Waals surface area contributed by atoms with Crippen molar-refractivity contribution < 1.29 is 9.59 Å². The summed E-state index contributed by atoms with van der Waals surface area (Å²) in [4.78, 5) is 30.1. The van der Waals surface area contributed by atoms with E-state index < -0.39 is 5.41 Å². The molecule has 2 fully saturated rings. The van der Waals surface area contributed by atoms with E-state index in [2.05, 4.69) is 30.3 Å². The number of benzene rings is 2. The number of rotatable bonds is 5. The lowest BCUT2D eigenvalue weighted by Crippen LogP contribution is -2.45. The molecule has 2 aromatic rings. The SMILES string of the molecule is CN(C)C(=O)[C@]1(Cc2ccccc2-c2ccccc2)CCN(C(=O)C2CCCC2)C1. The molecule has 2 aliphatic rings. The number of hydrogen-bond donors (Lipinski definition) is 0. The molecule has 1 aliphatic carbocycles. The fraction of sp³-hybridized carbons (Fsp3) is 0.462. The quantitative estimate of drug-likeness (QED) is 0.741. The minimum absolute atomic E-state index is 0.132. The van der Waals surface area contributed by atoms with Crippen LogP contribution in [-0.2, 0) is 16.0 Å². The zero-order valence-corrected chi connectivity index (χ0v) is 18.1. The molecule has 2 amide bonds. The molecule has 4 nitrogen and oxygen atoms in total. The Hall–Kier alpha value is -2.62. The Labute approximate surface area is 179 Å². The predicted octanol–water partition coefficient (Wildman–Crippen LogP) is 4.39. The standard InChI is InChI=1S/C26H32N2O2/c1-27(2)25(30)26(16-17-28(19-26)24(29)21-12-6-7-13-21)18-22-14-8-9-15-23(22)20-10-4-3-5-11-20/h3-5,8-11,14-15,21H,6-7,12-13,16-19H2,1-2H3/t26-/m0/s1. The fourth-order valence-corrected chi connectivity index (χ4v) is 5.30. The van der Waals surface area contributed by atoms with E-state index in [-0.39, 0.29) is 17.7 Å². The van der Waals surface area contributed by atoms with E-state index in [4.69, 9.17) is 0 Å². The summed E-state index contributed by atoms with van der Waals surface area (Å²) in [6.07, 6.45) is 5.68. The van der Waals surface area contributed by atoms with Gasteiger partial charge in [0.2, 0.25) is 11.8 Å². The van der Waals surface area contributed by atoms with Crippen molar-refractivity contribution in [3.8, 4) is 11.1 Å². The smallest absolute Gasteiger partial charge is 0.230 e. The summed E-state index contributed by atoms with van der Waals surface area (Å²) in [5, 5.41) is 0. The lowest BCUT2D eigenvalue weighted by Gasteiger charge is -2.32. The van der Waals surface area contributed by atoms with Gasteiger partial charge in [0.05, 0.1) is 5.41 Å². The van der Waals surface area contributed by atoms with Gasteiger partial charge < -0.3 is 9.80 Å². The van der Waals surface area contributed by atoms with E-state index in [9.17, 15) is 9.59 Å². The molecule has 1 saturated heterocycles. The average Bonchev–Trinajstić information content (AvgIpc) is 3.45. The number of hydrogen-bond acceptors (Lipinski definition) is 2. The largest absolute Gasteiger partial charge is 0.348 e. The van der Waals surface area contributed by atoms with E-state index in [1.165, 1.54) is 11.1 Å². The Morgan fingerprint density at radius 1 is 1.00 bits per heavy atom. The Balaban J connectivity index is 1.64. The van der Waals surface area contributed by atoms with Gasteiger partial charge in [-0.1, -0.05) is 67.4 Å². The van der Waals surface area contributed by atoms with Gasteiger partial charge in [-0.25, -0.2) is 0 Å². The van der Waals surface area contributed by atoms with Gasteiger partial charge in [-0.2, -0.15) is 0 Å². The molecule has 0 unspecified atom stereocenters. The molecule has 0 bridgehead atoms. The van der Waals surface area contributed by atoms with Gasteiger partial charge >= 0.3 is 0 Å². The van der Waals surface area contributed by atoms with Crippen LogP contribution >= 0.6 is 0 Å². The molecular weight excluding hydrogens is 372 g/mol. The van der Waals surface area contributed by atoms with Crippen LogP contribution in [0, 0.1) is 11.3 Å². The van der Waals surface area contributed by atoms with Crippen LogP contribution in [0.3, 0.4) is 0 Å². The van der Waals surface area contributed by atoms with Crippen LogP contribution in [0.1, 0.15) is 37.7 Å². The monoisotopic (exact) mass is 404 g/mol. The molecular formula is C26H32N2O2. The maximum absolute atomic E-state index is 13.4. The summed E-state index contributed by atoms with van der Waals surface area (Å²) in [6.45, 7) is 1.21. The zero-order chi connectivity index (χ0) is 21.1. The van der Waals surface area contributed by atoms with Gasteiger partial charge in [0.25, 0.3) is 0 Å². The number of likely N-dealkylation sites (tertiary alicyclic amines) is 1. The van der Waals surface area contributed by atoms with Crippen LogP contribution in [-0.4, -0.2) is 48.8 Å². The van der Waals surface area contributed by atoms with E-state index in [0.717, 1.165) is 37.7 Å². The van der Waals surface area contributed by atoms with Gasteiger partial charge in [-0.05, 0) is 42.4 Å². The summed E-state index contributed by atoms with van der Waals surface area (Å²) >= 11 is 0. The Bertz CT molecular complexity index is 902. The molecule has 4 rings (SSSR count). The molecule has 1 saturated carbocycles. The van der Waals surface area contributed by atoms with Crippen molar-refractivity contribution in [2.75, 3.05) is 27.2 Å². The number of amides is 2. The van der Waals surface area contributed by atoms with Gasteiger partial charge in [-0.3, -0.25) is 9.59 Å². The molecule has 1 heterocycles. The summed E-state index contributed by atoms with van der Waals surface area (Å²) in [6, 6.07) is 18.7. The highest BCUT2D eigenvalue weighted by atomic mass is 16.2. The van der Waals surface area contributed by atoms with E-state index >= 15 is 0 Å². The summed E-state index contributed by atoms with van der Waals surface area (Å²) in [5.41, 5.74) is 2.96. The number of carbonyl (C=O) groups is 2. The van der Waals surface area contributed by atoms with Gasteiger partial charge in [-0.15, -0.1) is 0 Å². The lowest BCUT2D eigenvalue weighted by atomic mass is 9.77.